The fourth-order valence-electron chi connectivity index (χ4n) is 2.63. The highest BCUT2D eigenvalue weighted by Gasteiger charge is 2.15. The number of nitrogens with one attached hydrogen (secondary N) is 1. The van der Waals surface area contributed by atoms with Crippen LogP contribution in [0.15, 0.2) is 40.2 Å². The monoisotopic (exact) mass is 341 g/mol. The number of amides is 1. The van der Waals surface area contributed by atoms with Crippen molar-refractivity contribution in [3.63, 3.8) is 0 Å². The van der Waals surface area contributed by atoms with E-state index < -0.39 is 11.2 Å². The molecule has 0 fully saturated rings. The summed E-state index contributed by atoms with van der Waals surface area (Å²) in [6.45, 7) is 2.36. The molecule has 2 aromatic heterocycles. The first-order chi connectivity index (χ1) is 11.9. The lowest BCUT2D eigenvalue weighted by Gasteiger charge is -2.08. The third kappa shape index (κ3) is 3.10. The molecule has 0 aliphatic rings. The molecule has 8 nitrogen and oxygen atoms in total. The van der Waals surface area contributed by atoms with E-state index in [1.165, 1.54) is 22.5 Å². The third-order valence-corrected chi connectivity index (χ3v) is 4.14. The summed E-state index contributed by atoms with van der Waals surface area (Å²) in [6, 6.07) is 7.87. The van der Waals surface area contributed by atoms with Crippen molar-refractivity contribution in [1.82, 2.24) is 24.0 Å². The van der Waals surface area contributed by atoms with Crippen LogP contribution in [0.1, 0.15) is 11.1 Å². The second-order valence-electron chi connectivity index (χ2n) is 6.01. The van der Waals surface area contributed by atoms with Crippen molar-refractivity contribution in [2.45, 2.75) is 20.0 Å². The number of aryl methyl sites for hydroxylation is 2. The molecule has 1 aromatic carbocycles. The molecule has 0 atom stereocenters. The molecule has 0 radical (unpaired) electrons. The van der Waals surface area contributed by atoms with E-state index in [0.29, 0.717) is 6.54 Å². The van der Waals surface area contributed by atoms with Crippen molar-refractivity contribution in [1.29, 1.82) is 0 Å². The number of aromatic nitrogens is 4. The number of hydrogen-bond donors (Lipinski definition) is 1. The first-order valence-electron chi connectivity index (χ1n) is 7.81. The molecule has 0 unspecified atom stereocenters. The Hall–Kier alpha value is -3.16. The first kappa shape index (κ1) is 16.7. The summed E-state index contributed by atoms with van der Waals surface area (Å²) in [5.41, 5.74) is 1.72. The molecule has 2 heterocycles. The maximum Gasteiger partial charge on any atom is 0.332 e. The van der Waals surface area contributed by atoms with Gasteiger partial charge in [0.25, 0.3) is 5.56 Å². The van der Waals surface area contributed by atoms with Crippen LogP contribution >= 0.6 is 0 Å². The number of fused-ring (bicyclic) bond motifs is 1. The van der Waals surface area contributed by atoms with E-state index in [9.17, 15) is 14.4 Å². The van der Waals surface area contributed by atoms with Crippen LogP contribution in [-0.2, 0) is 32.0 Å². The minimum Gasteiger partial charge on any atom is -0.350 e. The zero-order chi connectivity index (χ0) is 18.1. The van der Waals surface area contributed by atoms with Crippen molar-refractivity contribution in [3.05, 3.63) is 62.6 Å². The van der Waals surface area contributed by atoms with Crippen molar-refractivity contribution < 1.29 is 4.79 Å². The van der Waals surface area contributed by atoms with Gasteiger partial charge >= 0.3 is 5.69 Å². The highest BCUT2D eigenvalue weighted by Crippen LogP contribution is 2.06. The van der Waals surface area contributed by atoms with Crippen molar-refractivity contribution in [2.24, 2.45) is 14.1 Å². The number of rotatable bonds is 4. The van der Waals surface area contributed by atoms with Crippen LogP contribution in [0.4, 0.5) is 0 Å². The van der Waals surface area contributed by atoms with Gasteiger partial charge in [0, 0.05) is 20.6 Å². The number of hydrogen-bond acceptors (Lipinski definition) is 4. The number of carbonyl (C=O) groups is 1. The van der Waals surface area contributed by atoms with Gasteiger partial charge in [0.05, 0.1) is 6.33 Å². The Labute approximate surface area is 143 Å². The minimum atomic E-state index is -0.470. The Morgan fingerprint density at radius 1 is 1.12 bits per heavy atom. The third-order valence-electron chi connectivity index (χ3n) is 4.14. The fraction of sp³-hybridized carbons (Fsp3) is 0.294. The molecule has 25 heavy (non-hydrogen) atoms. The predicted octanol–water partition coefficient (Wildman–Crippen LogP) is 0.0585. The van der Waals surface area contributed by atoms with Crippen LogP contribution < -0.4 is 16.6 Å². The van der Waals surface area contributed by atoms with Crippen LogP contribution in [0.5, 0.6) is 0 Å². The summed E-state index contributed by atoms with van der Waals surface area (Å²) >= 11 is 0. The molecule has 130 valence electrons. The van der Waals surface area contributed by atoms with Gasteiger partial charge in [-0.1, -0.05) is 29.8 Å². The second-order valence-corrected chi connectivity index (χ2v) is 6.01. The fourth-order valence-corrected chi connectivity index (χ4v) is 2.63. The number of benzene rings is 1. The van der Waals surface area contributed by atoms with Gasteiger partial charge in [-0.25, -0.2) is 9.78 Å². The van der Waals surface area contributed by atoms with Gasteiger partial charge in [-0.05, 0) is 12.5 Å². The lowest BCUT2D eigenvalue weighted by Crippen LogP contribution is -2.38. The number of imidazole rings is 1. The summed E-state index contributed by atoms with van der Waals surface area (Å²) in [5.74, 6) is -0.240. The van der Waals surface area contributed by atoms with Gasteiger partial charge < -0.3 is 9.88 Å². The van der Waals surface area contributed by atoms with E-state index in [2.05, 4.69) is 10.3 Å². The minimum absolute atomic E-state index is 0.0458. The summed E-state index contributed by atoms with van der Waals surface area (Å²) in [6.07, 6.45) is 1.40. The van der Waals surface area contributed by atoms with E-state index in [1.807, 2.05) is 31.2 Å². The lowest BCUT2D eigenvalue weighted by atomic mass is 10.1. The highest BCUT2D eigenvalue weighted by molar-refractivity contribution is 5.78. The van der Waals surface area contributed by atoms with E-state index in [0.717, 1.165) is 15.7 Å². The van der Waals surface area contributed by atoms with Gasteiger partial charge in [-0.2, -0.15) is 0 Å². The number of nitrogens with zero attached hydrogens (tertiary/aromatic N) is 4. The van der Waals surface area contributed by atoms with E-state index in [-0.39, 0.29) is 23.6 Å². The summed E-state index contributed by atoms with van der Waals surface area (Å²) in [4.78, 5) is 40.5. The topological polar surface area (TPSA) is 90.9 Å². The van der Waals surface area contributed by atoms with E-state index >= 15 is 0 Å². The molecular formula is C17H19N5O3. The van der Waals surface area contributed by atoms with Gasteiger partial charge in [0.1, 0.15) is 6.54 Å². The molecule has 1 amide bonds. The Balaban J connectivity index is 1.81. The van der Waals surface area contributed by atoms with Crippen LogP contribution in [0, 0.1) is 6.92 Å². The highest BCUT2D eigenvalue weighted by atomic mass is 16.2. The van der Waals surface area contributed by atoms with Gasteiger partial charge in [0.2, 0.25) is 5.91 Å². The molecule has 0 saturated heterocycles. The average molecular weight is 341 g/mol. The Kier molecular flexibility index (Phi) is 4.26. The normalized spacial score (nSPS) is 11.0. The predicted molar refractivity (Wildman–Crippen MR) is 93.2 cm³/mol. The lowest BCUT2D eigenvalue weighted by molar-refractivity contribution is -0.121. The second kappa shape index (κ2) is 6.39. The van der Waals surface area contributed by atoms with Gasteiger partial charge in [0.15, 0.2) is 11.2 Å². The molecular weight excluding hydrogens is 322 g/mol. The molecule has 3 rings (SSSR count). The van der Waals surface area contributed by atoms with E-state index in [4.69, 9.17) is 0 Å². The Bertz CT molecular complexity index is 1060. The smallest absolute Gasteiger partial charge is 0.332 e. The molecule has 0 spiro atoms. The molecule has 0 saturated carbocycles. The molecule has 0 aliphatic carbocycles. The van der Waals surface area contributed by atoms with Crippen LogP contribution in [0.3, 0.4) is 0 Å². The van der Waals surface area contributed by atoms with Crippen molar-refractivity contribution >= 4 is 17.1 Å². The summed E-state index contributed by atoms with van der Waals surface area (Å²) in [5, 5.41) is 2.82. The molecule has 1 N–H and O–H groups in total. The SMILES string of the molecule is Cc1ccc(CNC(=O)Cn2cnc3c2c(=O)n(C)c(=O)n3C)cc1. The average Bonchev–Trinajstić information content (AvgIpc) is 3.01. The molecule has 8 heteroatoms. The largest absolute Gasteiger partial charge is 0.350 e. The van der Waals surface area contributed by atoms with Gasteiger partial charge in [-0.3, -0.25) is 18.7 Å². The zero-order valence-corrected chi connectivity index (χ0v) is 14.3. The quantitative estimate of drug-likeness (QED) is 0.726. The van der Waals surface area contributed by atoms with Gasteiger partial charge in [-0.15, -0.1) is 0 Å². The number of carbonyl (C=O) groups excluding carboxylic acids is 1. The zero-order valence-electron chi connectivity index (χ0n) is 14.3. The van der Waals surface area contributed by atoms with Crippen LogP contribution in [0.2, 0.25) is 0 Å². The maximum atomic E-state index is 12.3. The van der Waals surface area contributed by atoms with E-state index in [1.54, 1.807) is 7.05 Å². The summed E-state index contributed by atoms with van der Waals surface area (Å²) < 4.78 is 3.75. The standard InChI is InChI=1S/C17H19N5O3/c1-11-4-6-12(7-5-11)8-18-13(23)9-22-10-19-15-14(22)16(24)21(3)17(25)20(15)2/h4-7,10H,8-9H2,1-3H3,(H,18,23). The van der Waals surface area contributed by atoms with Crippen LogP contribution in [0.25, 0.3) is 11.2 Å². The van der Waals surface area contributed by atoms with Crippen molar-refractivity contribution in [3.8, 4) is 0 Å². The maximum absolute atomic E-state index is 12.3. The molecule has 0 bridgehead atoms. The Morgan fingerprint density at radius 3 is 2.48 bits per heavy atom. The molecule has 0 aliphatic heterocycles. The summed E-state index contributed by atoms with van der Waals surface area (Å²) in [7, 11) is 2.94. The molecule has 3 aromatic rings. The Morgan fingerprint density at radius 2 is 1.80 bits per heavy atom. The van der Waals surface area contributed by atoms with Crippen LogP contribution in [-0.4, -0.2) is 24.6 Å². The van der Waals surface area contributed by atoms with Crippen molar-refractivity contribution in [2.75, 3.05) is 0 Å². The first-order valence-corrected chi connectivity index (χ1v) is 7.81.